The lowest BCUT2D eigenvalue weighted by Crippen LogP contribution is -2.27. The molecule has 0 saturated carbocycles. The molecule has 12 nitrogen and oxygen atoms in total. The summed E-state index contributed by atoms with van der Waals surface area (Å²) in [7, 11) is -2.76. The van der Waals surface area contributed by atoms with Crippen molar-refractivity contribution >= 4 is 24.7 Å². The normalized spacial score (nSPS) is 13.9. The van der Waals surface area contributed by atoms with Crippen molar-refractivity contribution in [1.29, 1.82) is 0 Å². The molecule has 2 heterocycles. The zero-order chi connectivity index (χ0) is 31.2. The molecule has 0 aliphatic heterocycles. The van der Waals surface area contributed by atoms with Gasteiger partial charge in [-0.25, -0.2) is 4.98 Å². The smallest absolute Gasteiger partial charge is 0.280 e. The van der Waals surface area contributed by atoms with Gasteiger partial charge >= 0.3 is 0 Å². The molecule has 2 aromatic rings. The van der Waals surface area contributed by atoms with E-state index in [9.17, 15) is 14.3 Å². The van der Waals surface area contributed by atoms with Crippen molar-refractivity contribution in [3.05, 3.63) is 16.7 Å². The molecule has 0 spiro atoms. The first kappa shape index (κ1) is 37.4. The van der Waals surface area contributed by atoms with Gasteiger partial charge < -0.3 is 38.5 Å². The number of methoxy groups -OCH3 is 1. The maximum absolute atomic E-state index is 12.3. The molecule has 2 rings (SSSR count). The first-order valence-electron chi connectivity index (χ1n) is 16.2. The Hall–Kier alpha value is -1.82. The number of ether oxygens (including phenoxy) is 3. The number of anilines is 1. The van der Waals surface area contributed by atoms with Crippen LogP contribution in [0.4, 0.5) is 5.95 Å². The molecule has 0 radical (unpaired) electrons. The van der Waals surface area contributed by atoms with Crippen molar-refractivity contribution in [2.24, 2.45) is 0 Å². The van der Waals surface area contributed by atoms with Crippen LogP contribution in [0.25, 0.3) is 11.2 Å². The Morgan fingerprint density at radius 3 is 2.09 bits per heavy atom. The molecule has 1 unspecified atom stereocenters. The summed E-state index contributed by atoms with van der Waals surface area (Å²) in [5.74, 6) is -0.0436. The third kappa shape index (κ3) is 16.7. The molecular weight excluding hydrogens is 573 g/mol. The van der Waals surface area contributed by atoms with E-state index < -0.39 is 25.6 Å². The lowest BCUT2D eigenvalue weighted by Gasteiger charge is -2.26. The fourth-order valence-electron chi connectivity index (χ4n) is 4.99. The number of nitrogens with zero attached hydrogens (tertiary/aromatic N) is 3. The van der Waals surface area contributed by atoms with Crippen molar-refractivity contribution in [3.63, 3.8) is 0 Å². The number of nitrogens with two attached hydrogens (primary N) is 1. The summed E-state index contributed by atoms with van der Waals surface area (Å²) in [6.45, 7) is 3.27. The first-order valence-corrected chi connectivity index (χ1v) is 17.9. The highest BCUT2D eigenvalue weighted by molar-refractivity contribution is 7.51. The van der Waals surface area contributed by atoms with Crippen LogP contribution in [0.2, 0.25) is 0 Å². The maximum Gasteiger partial charge on any atom is 0.280 e. The van der Waals surface area contributed by atoms with E-state index in [2.05, 4.69) is 21.9 Å². The van der Waals surface area contributed by atoms with E-state index in [0.717, 1.165) is 12.8 Å². The van der Waals surface area contributed by atoms with Crippen LogP contribution in [0.3, 0.4) is 0 Å². The fourth-order valence-corrected chi connectivity index (χ4v) is 5.81. The summed E-state index contributed by atoms with van der Waals surface area (Å²) < 4.78 is 35.2. The van der Waals surface area contributed by atoms with Crippen LogP contribution >= 0.6 is 7.60 Å². The number of hydrogen-bond donors (Lipinski definition) is 2. The zero-order valence-corrected chi connectivity index (χ0v) is 27.3. The Labute approximate surface area is 257 Å². The minimum atomic E-state index is -4.24. The lowest BCUT2D eigenvalue weighted by molar-refractivity contribution is -0.206. The van der Waals surface area contributed by atoms with Gasteiger partial charge in [0.2, 0.25) is 5.95 Å². The van der Waals surface area contributed by atoms with Gasteiger partial charge in [0.15, 0.2) is 18.8 Å². The Balaban J connectivity index is 1.46. The Kier molecular flexibility index (Phi) is 19.7. The second kappa shape index (κ2) is 22.7. The van der Waals surface area contributed by atoms with Gasteiger partial charge in [-0.3, -0.25) is 9.78 Å². The van der Waals surface area contributed by atoms with Crippen LogP contribution in [0.1, 0.15) is 110 Å². The van der Waals surface area contributed by atoms with Gasteiger partial charge in [0.05, 0.1) is 38.8 Å². The number of aromatic amines is 1. The number of hydrogen-bond acceptors (Lipinski definition) is 10. The van der Waals surface area contributed by atoms with Gasteiger partial charge in [-0.1, -0.05) is 103 Å². The first-order chi connectivity index (χ1) is 20.9. The molecule has 0 aliphatic rings. The summed E-state index contributed by atoms with van der Waals surface area (Å²) in [6.07, 6.45) is 21.2. The highest BCUT2D eigenvalue weighted by Gasteiger charge is 2.18. The number of nitrogen functional groups attached to an aromatic ring is 1. The van der Waals surface area contributed by atoms with Crippen LogP contribution in [0.15, 0.2) is 11.1 Å². The summed E-state index contributed by atoms with van der Waals surface area (Å²) in [6, 6.07) is 0. The predicted octanol–water partition coefficient (Wildman–Crippen LogP) is 5.54. The van der Waals surface area contributed by atoms with Crippen molar-refractivity contribution in [3.8, 4) is 0 Å². The second-order valence-corrected chi connectivity index (χ2v) is 13.0. The van der Waals surface area contributed by atoms with Crippen LogP contribution in [-0.4, -0.2) is 65.5 Å². The SMILES string of the molecule is CCCCCCCCCCCCCCCCCCOCCOP(=O)([O-])CO[C@@H](COC)Cn1cnc2c(=O)[nH]c(N)nc21. The highest BCUT2D eigenvalue weighted by atomic mass is 31.2. The number of rotatable bonds is 28. The molecule has 2 aromatic heterocycles. The van der Waals surface area contributed by atoms with E-state index in [4.69, 9.17) is 24.5 Å². The molecule has 0 saturated heterocycles. The average Bonchev–Trinajstić information content (AvgIpc) is 3.37. The van der Waals surface area contributed by atoms with Crippen LogP contribution in [0.5, 0.6) is 0 Å². The van der Waals surface area contributed by atoms with Gasteiger partial charge in [-0.2, -0.15) is 4.98 Å². The van der Waals surface area contributed by atoms with Crippen molar-refractivity contribution in [2.75, 3.05) is 45.6 Å². The molecule has 0 bridgehead atoms. The van der Waals surface area contributed by atoms with E-state index in [0.29, 0.717) is 6.61 Å². The highest BCUT2D eigenvalue weighted by Crippen LogP contribution is 2.37. The number of nitrogens with one attached hydrogen (secondary N) is 1. The van der Waals surface area contributed by atoms with Crippen molar-refractivity contribution < 1.29 is 28.2 Å². The van der Waals surface area contributed by atoms with Crippen molar-refractivity contribution in [1.82, 2.24) is 19.5 Å². The number of aromatic nitrogens is 4. The molecule has 0 amide bonds. The maximum atomic E-state index is 12.3. The second-order valence-electron chi connectivity index (χ2n) is 11.3. The van der Waals surface area contributed by atoms with E-state index in [-0.39, 0.29) is 43.5 Å². The molecule has 0 aromatic carbocycles. The molecule has 43 heavy (non-hydrogen) atoms. The monoisotopic (exact) mass is 628 g/mol. The summed E-state index contributed by atoms with van der Waals surface area (Å²) in [5, 5.41) is 0. The topological polar surface area (TPSA) is 167 Å². The summed E-state index contributed by atoms with van der Waals surface area (Å²) >= 11 is 0. The molecule has 13 heteroatoms. The number of H-pyrrole nitrogens is 1. The Morgan fingerprint density at radius 2 is 1.51 bits per heavy atom. The molecule has 248 valence electrons. The standard InChI is InChI=1S/C30H56N5O7P/c1-3-4-5-6-7-8-9-10-11-12-13-14-15-16-17-18-19-40-20-21-42-43(37,38)25-41-26(23-39-2)22-35-24-32-27-28(35)33-30(31)34-29(27)36/h24,26H,3-23,25H2,1-2H3,(H,37,38)(H3,31,33,34,36)/p-1/t26-/m1/s1. The Morgan fingerprint density at radius 1 is 0.930 bits per heavy atom. The van der Waals surface area contributed by atoms with Crippen LogP contribution in [0, 0.1) is 0 Å². The quantitative estimate of drug-likeness (QED) is 0.0902. The minimum absolute atomic E-state index is 0.0436. The number of imidazole rings is 1. The van der Waals surface area contributed by atoms with Gasteiger partial charge in [0.1, 0.15) is 6.35 Å². The van der Waals surface area contributed by atoms with Gasteiger partial charge in [0.25, 0.3) is 5.56 Å². The van der Waals surface area contributed by atoms with E-state index in [1.807, 2.05) is 0 Å². The number of fused-ring (bicyclic) bond motifs is 1. The minimum Gasteiger partial charge on any atom is -0.777 e. The molecule has 0 aliphatic carbocycles. The summed E-state index contributed by atoms with van der Waals surface area (Å²) in [5.41, 5.74) is 5.57. The van der Waals surface area contributed by atoms with Crippen molar-refractivity contribution in [2.45, 2.75) is 122 Å². The molecule has 2 atom stereocenters. The van der Waals surface area contributed by atoms with E-state index in [1.165, 1.54) is 103 Å². The van der Waals surface area contributed by atoms with Gasteiger partial charge in [-0.05, 0) is 6.42 Å². The average molecular weight is 629 g/mol. The fraction of sp³-hybridized carbons (Fsp3) is 0.833. The van der Waals surface area contributed by atoms with E-state index in [1.54, 1.807) is 4.57 Å². The third-order valence-electron chi connectivity index (χ3n) is 7.37. The molecular formula is C30H55N5O7P-. The van der Waals surface area contributed by atoms with Crippen LogP contribution in [-0.2, 0) is 29.8 Å². The lowest BCUT2D eigenvalue weighted by atomic mass is 10.0. The Bertz CT molecular complexity index is 1100. The number of unbranched alkanes of at least 4 members (excludes halogenated alkanes) is 15. The predicted molar refractivity (Wildman–Crippen MR) is 168 cm³/mol. The van der Waals surface area contributed by atoms with E-state index >= 15 is 0 Å². The molecule has 3 N–H and O–H groups in total. The largest absolute Gasteiger partial charge is 0.777 e. The summed E-state index contributed by atoms with van der Waals surface area (Å²) in [4.78, 5) is 34.8. The van der Waals surface area contributed by atoms with Crippen LogP contribution < -0.4 is 16.2 Å². The third-order valence-corrected chi connectivity index (χ3v) is 8.41. The van der Waals surface area contributed by atoms with Gasteiger partial charge in [-0.15, -0.1) is 0 Å². The molecule has 0 fully saturated rings. The zero-order valence-electron chi connectivity index (χ0n) is 26.4. The van der Waals surface area contributed by atoms with Gasteiger partial charge in [0, 0.05) is 13.7 Å².